The Bertz CT molecular complexity index is 456. The van der Waals surface area contributed by atoms with Crippen molar-refractivity contribution in [3.05, 3.63) is 40.9 Å². The average molecular weight is 280 g/mol. The summed E-state index contributed by atoms with van der Waals surface area (Å²) in [6, 6.07) is 0. The molecule has 1 N–H and O–H groups in total. The first-order chi connectivity index (χ1) is 8.99. The van der Waals surface area contributed by atoms with Crippen LogP contribution in [0.15, 0.2) is 25.3 Å². The van der Waals surface area contributed by atoms with Gasteiger partial charge in [0.2, 0.25) is 0 Å². The Morgan fingerprint density at radius 2 is 2.00 bits per heavy atom. The summed E-state index contributed by atoms with van der Waals surface area (Å²) in [6.45, 7) is 13.4. The summed E-state index contributed by atoms with van der Waals surface area (Å²) in [5.74, 6) is -0.723. The Kier molecular flexibility index (Phi) is 5.92. The van der Waals surface area contributed by atoms with E-state index in [1.54, 1.807) is 12.2 Å². The lowest BCUT2D eigenvalue weighted by Crippen LogP contribution is -2.23. The maximum atomic E-state index is 11.2. The van der Waals surface area contributed by atoms with Gasteiger partial charge in [0.05, 0.1) is 9.88 Å². The normalized spacial score (nSPS) is 10.9. The highest BCUT2D eigenvalue weighted by atomic mass is 32.1. The van der Waals surface area contributed by atoms with Gasteiger partial charge in [-0.2, -0.15) is 0 Å². The first-order valence-electron chi connectivity index (χ1n) is 6.16. The number of aromatic carboxylic acids is 1. The minimum atomic E-state index is -0.963. The van der Waals surface area contributed by atoms with Gasteiger partial charge in [0.15, 0.2) is 5.69 Å². The molecule has 0 atom stereocenters. The summed E-state index contributed by atoms with van der Waals surface area (Å²) in [5.41, 5.74) is 0.173. The molecule has 0 aliphatic heterocycles. The monoisotopic (exact) mass is 280 g/mol. The molecule has 1 rings (SSSR count). The van der Waals surface area contributed by atoms with Gasteiger partial charge in [-0.3, -0.25) is 4.90 Å². The first kappa shape index (κ1) is 15.6. The van der Waals surface area contributed by atoms with E-state index < -0.39 is 5.97 Å². The van der Waals surface area contributed by atoms with Crippen molar-refractivity contribution in [3.8, 4) is 0 Å². The maximum absolute atomic E-state index is 11.2. The van der Waals surface area contributed by atoms with E-state index in [2.05, 4.69) is 23.0 Å². The van der Waals surface area contributed by atoms with Crippen molar-refractivity contribution in [1.82, 2.24) is 9.88 Å². The molecule has 0 aromatic carbocycles. The lowest BCUT2D eigenvalue weighted by atomic mass is 10.2. The van der Waals surface area contributed by atoms with E-state index in [9.17, 15) is 9.90 Å². The van der Waals surface area contributed by atoms with Crippen molar-refractivity contribution >= 4 is 17.3 Å². The van der Waals surface area contributed by atoms with Crippen molar-refractivity contribution in [1.29, 1.82) is 0 Å². The zero-order valence-electron chi connectivity index (χ0n) is 11.4. The van der Waals surface area contributed by atoms with E-state index in [0.29, 0.717) is 19.6 Å². The number of carbonyl (C=O) groups is 1. The molecule has 0 radical (unpaired) electrons. The lowest BCUT2D eigenvalue weighted by molar-refractivity contribution is 0.0689. The van der Waals surface area contributed by atoms with Crippen LogP contribution in [0.3, 0.4) is 0 Å². The van der Waals surface area contributed by atoms with E-state index in [-0.39, 0.29) is 11.6 Å². The van der Waals surface area contributed by atoms with Gasteiger partial charge in [-0.1, -0.05) is 26.0 Å². The zero-order chi connectivity index (χ0) is 14.4. The fourth-order valence-corrected chi connectivity index (χ4v) is 2.76. The molecule has 19 heavy (non-hydrogen) atoms. The minimum Gasteiger partial charge on any atom is -0.476 e. The Labute approximate surface area is 118 Å². The van der Waals surface area contributed by atoms with Crippen LogP contribution < -0.4 is 0 Å². The molecule has 104 valence electrons. The Morgan fingerprint density at radius 1 is 1.42 bits per heavy atom. The number of thiazole rings is 1. The molecule has 0 saturated heterocycles. The van der Waals surface area contributed by atoms with Crippen LogP contribution in [0.5, 0.6) is 0 Å². The predicted molar refractivity (Wildman–Crippen MR) is 78.8 cm³/mol. The molecule has 0 amide bonds. The summed E-state index contributed by atoms with van der Waals surface area (Å²) in [5, 5.41) is 10.1. The highest BCUT2D eigenvalue weighted by Crippen LogP contribution is 2.26. The van der Waals surface area contributed by atoms with Gasteiger partial charge in [-0.05, 0) is 0 Å². The Morgan fingerprint density at radius 3 is 2.42 bits per heavy atom. The molecule has 5 heteroatoms. The lowest BCUT2D eigenvalue weighted by Gasteiger charge is -2.17. The summed E-state index contributed by atoms with van der Waals surface area (Å²) < 4.78 is 0. The van der Waals surface area contributed by atoms with E-state index in [0.717, 1.165) is 9.88 Å². The summed E-state index contributed by atoms with van der Waals surface area (Å²) in [7, 11) is 0. The van der Waals surface area contributed by atoms with Crippen LogP contribution in [0.4, 0.5) is 0 Å². The van der Waals surface area contributed by atoms with Crippen LogP contribution in [0.2, 0.25) is 0 Å². The SMILES string of the molecule is C=CCN(CC=C)Cc1sc(C(C)C)nc1C(=O)O. The van der Waals surface area contributed by atoms with Crippen molar-refractivity contribution < 1.29 is 9.90 Å². The smallest absolute Gasteiger partial charge is 0.355 e. The molecule has 1 heterocycles. The number of rotatable bonds is 8. The largest absolute Gasteiger partial charge is 0.476 e. The van der Waals surface area contributed by atoms with Crippen LogP contribution in [0.25, 0.3) is 0 Å². The third-order valence-electron chi connectivity index (χ3n) is 2.55. The quantitative estimate of drug-likeness (QED) is 0.743. The standard InChI is InChI=1S/C14H20N2O2S/c1-5-7-16(8-6-2)9-11-12(14(17)18)15-13(19-11)10(3)4/h5-6,10H,1-2,7-9H2,3-4H3,(H,17,18). The average Bonchev–Trinajstić information content (AvgIpc) is 2.74. The van der Waals surface area contributed by atoms with Gasteiger partial charge < -0.3 is 5.11 Å². The first-order valence-corrected chi connectivity index (χ1v) is 6.98. The second-order valence-corrected chi connectivity index (χ2v) is 5.67. The number of aromatic nitrogens is 1. The number of carboxylic acid groups (broad SMARTS) is 1. The molecule has 0 aliphatic rings. The topological polar surface area (TPSA) is 53.4 Å². The minimum absolute atomic E-state index is 0.173. The van der Waals surface area contributed by atoms with Gasteiger partial charge in [-0.25, -0.2) is 9.78 Å². The zero-order valence-corrected chi connectivity index (χ0v) is 12.2. The molecule has 1 aromatic heterocycles. The second-order valence-electron chi connectivity index (χ2n) is 4.56. The Hall–Kier alpha value is -1.46. The van der Waals surface area contributed by atoms with Gasteiger partial charge in [0.25, 0.3) is 0 Å². The van der Waals surface area contributed by atoms with E-state index in [1.807, 2.05) is 13.8 Å². The second kappa shape index (κ2) is 7.21. The van der Waals surface area contributed by atoms with Gasteiger partial charge >= 0.3 is 5.97 Å². The maximum Gasteiger partial charge on any atom is 0.355 e. The van der Waals surface area contributed by atoms with Crippen LogP contribution in [0.1, 0.15) is 40.1 Å². The molecule has 0 bridgehead atoms. The van der Waals surface area contributed by atoms with Crippen molar-refractivity contribution in [2.75, 3.05) is 13.1 Å². The summed E-state index contributed by atoms with van der Waals surface area (Å²) in [6.07, 6.45) is 3.60. The molecule has 0 spiro atoms. The molecule has 0 unspecified atom stereocenters. The number of carboxylic acids is 1. The number of nitrogens with zero attached hydrogens (tertiary/aromatic N) is 2. The molecular formula is C14H20N2O2S. The number of hydrogen-bond donors (Lipinski definition) is 1. The van der Waals surface area contributed by atoms with E-state index in [4.69, 9.17) is 0 Å². The van der Waals surface area contributed by atoms with Crippen LogP contribution >= 0.6 is 11.3 Å². The molecule has 4 nitrogen and oxygen atoms in total. The van der Waals surface area contributed by atoms with Gasteiger partial charge in [-0.15, -0.1) is 24.5 Å². The molecule has 0 fully saturated rings. The van der Waals surface area contributed by atoms with Gasteiger partial charge in [0, 0.05) is 25.6 Å². The van der Waals surface area contributed by atoms with Gasteiger partial charge in [0.1, 0.15) is 0 Å². The summed E-state index contributed by atoms with van der Waals surface area (Å²) in [4.78, 5) is 18.3. The van der Waals surface area contributed by atoms with Crippen LogP contribution in [-0.2, 0) is 6.54 Å². The van der Waals surface area contributed by atoms with E-state index in [1.165, 1.54) is 11.3 Å². The summed E-state index contributed by atoms with van der Waals surface area (Å²) >= 11 is 1.47. The van der Waals surface area contributed by atoms with Crippen LogP contribution in [0, 0.1) is 0 Å². The highest BCUT2D eigenvalue weighted by Gasteiger charge is 2.20. The fourth-order valence-electron chi connectivity index (χ4n) is 1.66. The predicted octanol–water partition coefficient (Wildman–Crippen LogP) is 3.14. The third-order valence-corrected chi connectivity index (χ3v) is 3.89. The molecule has 1 aromatic rings. The third kappa shape index (κ3) is 4.29. The molecular weight excluding hydrogens is 260 g/mol. The Balaban J connectivity index is 2.99. The number of hydrogen-bond acceptors (Lipinski definition) is 4. The fraction of sp³-hybridized carbons (Fsp3) is 0.429. The van der Waals surface area contributed by atoms with E-state index >= 15 is 0 Å². The van der Waals surface area contributed by atoms with Crippen molar-refractivity contribution in [3.63, 3.8) is 0 Å². The van der Waals surface area contributed by atoms with Crippen molar-refractivity contribution in [2.24, 2.45) is 0 Å². The molecule has 0 aliphatic carbocycles. The molecule has 0 saturated carbocycles. The van der Waals surface area contributed by atoms with Crippen molar-refractivity contribution in [2.45, 2.75) is 26.3 Å². The van der Waals surface area contributed by atoms with Crippen LogP contribution in [-0.4, -0.2) is 34.0 Å². The highest BCUT2D eigenvalue weighted by molar-refractivity contribution is 7.12.